The van der Waals surface area contributed by atoms with Crippen LogP contribution in [0.4, 0.5) is 11.4 Å². The van der Waals surface area contributed by atoms with Crippen LogP contribution in [0.5, 0.6) is 0 Å². The molecule has 0 saturated heterocycles. The van der Waals surface area contributed by atoms with Crippen LogP contribution in [0, 0.1) is 0 Å². The second-order valence-electron chi connectivity index (χ2n) is 14.9. The SMILES string of the molecule is C(=Nc1c(C2CCCCC2)cccc1C1CCCCC1)c1cccc(C=Nc2c(C3CCCCC3)cccc2C2CCCCC2)n1.[Cl-].[Cl-].[Cl-].[Co+3]. The van der Waals surface area contributed by atoms with E-state index < -0.39 is 0 Å². The molecule has 4 saturated carbocycles. The molecule has 0 unspecified atom stereocenters. The quantitative estimate of drug-likeness (QED) is 0.321. The summed E-state index contributed by atoms with van der Waals surface area (Å²) in [6, 6.07) is 20.5. The molecule has 7 rings (SSSR count). The predicted octanol–water partition coefficient (Wildman–Crippen LogP) is 3.78. The molecule has 3 nitrogen and oxygen atoms in total. The Morgan fingerprint density at radius 2 is 0.660 bits per heavy atom. The van der Waals surface area contributed by atoms with Crippen molar-refractivity contribution in [1.82, 2.24) is 4.98 Å². The maximum Gasteiger partial charge on any atom is 3.00 e. The van der Waals surface area contributed by atoms with E-state index >= 15 is 0 Å². The number of rotatable bonds is 8. The molecule has 4 fully saturated rings. The van der Waals surface area contributed by atoms with Gasteiger partial charge in [-0.1, -0.05) is 120 Å². The van der Waals surface area contributed by atoms with Crippen molar-refractivity contribution in [3.63, 3.8) is 0 Å². The molecule has 0 bridgehead atoms. The van der Waals surface area contributed by atoms with Crippen LogP contribution in [0.3, 0.4) is 0 Å². The summed E-state index contributed by atoms with van der Waals surface area (Å²) in [6.45, 7) is 0. The summed E-state index contributed by atoms with van der Waals surface area (Å²) < 4.78 is 0. The van der Waals surface area contributed by atoms with Crippen molar-refractivity contribution in [2.75, 3.05) is 0 Å². The van der Waals surface area contributed by atoms with E-state index in [0.29, 0.717) is 23.7 Å². The van der Waals surface area contributed by atoms with Gasteiger partial charge in [0.05, 0.1) is 35.2 Å². The number of halogens is 3. The molecule has 272 valence electrons. The Labute approximate surface area is 331 Å². The monoisotopic (exact) mass is 777 g/mol. The van der Waals surface area contributed by atoms with E-state index in [0.717, 1.165) is 11.4 Å². The molecule has 7 heteroatoms. The molecule has 0 N–H and O–H groups in total. The summed E-state index contributed by atoms with van der Waals surface area (Å²) in [7, 11) is 0. The Morgan fingerprint density at radius 3 is 0.940 bits per heavy atom. The molecule has 1 heterocycles. The molecule has 2 aromatic carbocycles. The van der Waals surface area contributed by atoms with Gasteiger partial charge in [0.25, 0.3) is 0 Å². The van der Waals surface area contributed by atoms with Crippen molar-refractivity contribution < 1.29 is 54.0 Å². The number of hydrogen-bond acceptors (Lipinski definition) is 3. The second kappa shape index (κ2) is 21.7. The third-order valence-electron chi connectivity index (χ3n) is 11.8. The normalized spacial score (nSPS) is 19.7. The Morgan fingerprint density at radius 1 is 0.400 bits per heavy atom. The summed E-state index contributed by atoms with van der Waals surface area (Å²) in [4.78, 5) is 15.7. The van der Waals surface area contributed by atoms with E-state index in [1.807, 2.05) is 12.4 Å². The summed E-state index contributed by atoms with van der Waals surface area (Å²) in [5, 5.41) is 0. The van der Waals surface area contributed by atoms with E-state index in [1.54, 1.807) is 0 Å². The second-order valence-corrected chi connectivity index (χ2v) is 14.9. The van der Waals surface area contributed by atoms with Crippen LogP contribution >= 0.6 is 0 Å². The van der Waals surface area contributed by atoms with E-state index in [-0.39, 0.29) is 54.0 Å². The Bertz CT molecular complexity index is 1320. The molecule has 4 aliphatic carbocycles. The minimum atomic E-state index is 0. The molecule has 3 aromatic rings. The maximum absolute atomic E-state index is 5.30. The fourth-order valence-corrected chi connectivity index (χ4v) is 9.30. The minimum Gasteiger partial charge on any atom is -1.00 e. The fourth-order valence-electron chi connectivity index (χ4n) is 9.30. The number of nitrogens with zero attached hydrogens (tertiary/aromatic N) is 3. The summed E-state index contributed by atoms with van der Waals surface area (Å²) in [5.41, 5.74) is 10.3. The smallest absolute Gasteiger partial charge is 1.00 e. The molecule has 0 radical (unpaired) electrons. The largest absolute Gasteiger partial charge is 3.00 e. The number of pyridine rings is 1. The first-order chi connectivity index (χ1) is 22.8. The van der Waals surface area contributed by atoms with Crippen molar-refractivity contribution in [3.05, 3.63) is 88.2 Å². The summed E-state index contributed by atoms with van der Waals surface area (Å²) in [6.07, 6.45) is 30.7. The van der Waals surface area contributed by atoms with Gasteiger partial charge in [-0.2, -0.15) is 0 Å². The van der Waals surface area contributed by atoms with Gasteiger partial charge >= 0.3 is 16.8 Å². The molecule has 50 heavy (non-hydrogen) atoms. The summed E-state index contributed by atoms with van der Waals surface area (Å²) >= 11 is 0. The van der Waals surface area contributed by atoms with Gasteiger partial charge < -0.3 is 37.2 Å². The number of aliphatic imine (C=N–C) groups is 2. The zero-order valence-corrected chi connectivity index (χ0v) is 32.9. The van der Waals surface area contributed by atoms with Gasteiger partial charge in [-0.15, -0.1) is 0 Å². The first-order valence-electron chi connectivity index (χ1n) is 19.1. The predicted molar refractivity (Wildman–Crippen MR) is 195 cm³/mol. The van der Waals surface area contributed by atoms with Crippen LogP contribution in [0.2, 0.25) is 0 Å². The Balaban J connectivity index is 0.00000169. The topological polar surface area (TPSA) is 37.6 Å². The van der Waals surface area contributed by atoms with Gasteiger partial charge in [-0.05, 0) is 109 Å². The van der Waals surface area contributed by atoms with Gasteiger partial charge in [0.2, 0.25) is 0 Å². The average molecular weight is 779 g/mol. The Kier molecular flexibility index (Phi) is 18.6. The molecule has 4 aliphatic rings. The van der Waals surface area contributed by atoms with Crippen molar-refractivity contribution in [3.8, 4) is 0 Å². The fraction of sp³-hybridized carbons (Fsp3) is 0.558. The van der Waals surface area contributed by atoms with E-state index in [9.17, 15) is 0 Å². The first-order valence-corrected chi connectivity index (χ1v) is 19.1. The molecule has 1 aromatic heterocycles. The van der Waals surface area contributed by atoms with Crippen LogP contribution < -0.4 is 37.2 Å². The number of aromatic nitrogens is 1. The number of para-hydroxylation sites is 2. The van der Waals surface area contributed by atoms with Crippen LogP contribution in [-0.4, -0.2) is 17.4 Å². The van der Waals surface area contributed by atoms with Gasteiger partial charge in [-0.3, -0.25) is 9.98 Å². The third kappa shape index (κ3) is 10.7. The molecule has 0 aliphatic heterocycles. The van der Waals surface area contributed by atoms with Gasteiger partial charge in [-0.25, -0.2) is 4.98 Å². The molecular formula is C43H55Cl3CoN3. The van der Waals surface area contributed by atoms with Gasteiger partial charge in [0, 0.05) is 0 Å². The Hall–Kier alpha value is -1.69. The minimum absolute atomic E-state index is 0. The van der Waals surface area contributed by atoms with Crippen molar-refractivity contribution >= 4 is 23.8 Å². The van der Waals surface area contributed by atoms with Crippen LogP contribution in [-0.2, 0) is 16.8 Å². The van der Waals surface area contributed by atoms with Gasteiger partial charge in [0.1, 0.15) is 0 Å². The van der Waals surface area contributed by atoms with Crippen LogP contribution in [0.15, 0.2) is 64.6 Å². The average Bonchev–Trinajstić information content (AvgIpc) is 3.14. The van der Waals surface area contributed by atoms with E-state index in [1.165, 1.54) is 162 Å². The van der Waals surface area contributed by atoms with E-state index in [2.05, 4.69) is 54.6 Å². The van der Waals surface area contributed by atoms with Crippen molar-refractivity contribution in [1.29, 1.82) is 0 Å². The molecule has 0 atom stereocenters. The van der Waals surface area contributed by atoms with Gasteiger partial charge in [0.15, 0.2) is 0 Å². The molecular weight excluding hydrogens is 724 g/mol. The zero-order valence-electron chi connectivity index (χ0n) is 29.6. The number of hydrogen-bond donors (Lipinski definition) is 0. The third-order valence-corrected chi connectivity index (χ3v) is 11.8. The summed E-state index contributed by atoms with van der Waals surface area (Å²) in [5.74, 6) is 2.55. The first kappa shape index (κ1) is 42.7. The number of benzene rings is 2. The van der Waals surface area contributed by atoms with Crippen molar-refractivity contribution in [2.45, 2.75) is 152 Å². The van der Waals surface area contributed by atoms with Crippen LogP contribution in [0.25, 0.3) is 0 Å². The van der Waals surface area contributed by atoms with Crippen LogP contribution in [0.1, 0.15) is 186 Å². The maximum atomic E-state index is 5.30. The molecule has 0 amide bonds. The van der Waals surface area contributed by atoms with Crippen molar-refractivity contribution in [2.24, 2.45) is 9.98 Å². The zero-order chi connectivity index (χ0) is 31.0. The molecule has 0 spiro atoms. The van der Waals surface area contributed by atoms with E-state index in [4.69, 9.17) is 15.0 Å². The standard InChI is InChI=1S/C43H55N3.3ClH.Co/c1-5-16-32(17-6-1)38-26-14-27-39(33-18-7-2-8-19-33)42(38)44-30-36-24-13-25-37(46-36)31-45-43-40(34-20-9-3-10-21-34)28-15-29-41(43)35-22-11-4-12-23-35;;;;/h13-15,24-35H,1-12,16-23H2;3*1H;/q;;;;+3/p-3.